The van der Waals surface area contributed by atoms with Crippen molar-refractivity contribution in [3.63, 3.8) is 0 Å². The smallest absolute Gasteiger partial charge is 0.339 e. The van der Waals surface area contributed by atoms with E-state index in [2.05, 4.69) is 15.9 Å². The molecule has 7 nitrogen and oxygen atoms in total. The Labute approximate surface area is 117 Å². The Bertz CT molecular complexity index is 512. The monoisotopic (exact) mass is 329 g/mol. The van der Waals surface area contributed by atoms with Crippen LogP contribution in [-0.2, 0) is 9.53 Å². The summed E-state index contributed by atoms with van der Waals surface area (Å²) in [6.45, 7) is 1.32. The molecule has 0 aliphatic carbocycles. The van der Waals surface area contributed by atoms with Gasteiger partial charge in [0.15, 0.2) is 6.10 Å². The second-order valence-corrected chi connectivity index (χ2v) is 4.59. The Balaban J connectivity index is 2.74. The van der Waals surface area contributed by atoms with Crippen molar-refractivity contribution in [2.24, 2.45) is 5.73 Å². The molecule has 5 N–H and O–H groups in total. The Hall–Kier alpha value is -2.09. The van der Waals surface area contributed by atoms with Crippen LogP contribution in [0.4, 0.5) is 10.5 Å². The summed E-state index contributed by atoms with van der Waals surface area (Å²) >= 11 is 3.18. The minimum atomic E-state index is -1.15. The van der Waals surface area contributed by atoms with Gasteiger partial charge in [-0.15, -0.1) is 0 Å². The number of urea groups is 1. The lowest BCUT2D eigenvalue weighted by atomic mass is 10.2. The van der Waals surface area contributed by atoms with Crippen molar-refractivity contribution < 1.29 is 19.1 Å². The highest BCUT2D eigenvalue weighted by atomic mass is 79.9. The van der Waals surface area contributed by atoms with Gasteiger partial charge in [0.1, 0.15) is 0 Å². The lowest BCUT2D eigenvalue weighted by Crippen LogP contribution is -2.42. The van der Waals surface area contributed by atoms with E-state index >= 15 is 0 Å². The number of rotatable bonds is 3. The normalized spacial score (nSPS) is 11.5. The summed E-state index contributed by atoms with van der Waals surface area (Å²) in [5.41, 5.74) is 10.9. The molecule has 1 atom stereocenters. The molecule has 0 bridgehead atoms. The third-order valence-electron chi connectivity index (χ3n) is 2.06. The summed E-state index contributed by atoms with van der Waals surface area (Å²) in [6, 6.07) is 3.50. The quantitative estimate of drug-likeness (QED) is 0.558. The minimum absolute atomic E-state index is 0.186. The lowest BCUT2D eigenvalue weighted by molar-refractivity contribution is -0.127. The first-order valence-corrected chi connectivity index (χ1v) is 5.96. The number of esters is 1. The highest BCUT2D eigenvalue weighted by Crippen LogP contribution is 2.18. The van der Waals surface area contributed by atoms with Gasteiger partial charge in [-0.3, -0.25) is 10.1 Å². The van der Waals surface area contributed by atoms with Gasteiger partial charge in [-0.05, 0) is 25.1 Å². The topological polar surface area (TPSA) is 125 Å². The fourth-order valence-electron chi connectivity index (χ4n) is 1.24. The van der Waals surface area contributed by atoms with Crippen LogP contribution in [0.2, 0.25) is 0 Å². The zero-order valence-corrected chi connectivity index (χ0v) is 11.6. The van der Waals surface area contributed by atoms with Gasteiger partial charge >= 0.3 is 12.0 Å². The van der Waals surface area contributed by atoms with Gasteiger partial charge in [0.05, 0.1) is 5.56 Å². The van der Waals surface area contributed by atoms with Gasteiger partial charge in [-0.2, -0.15) is 0 Å². The third-order valence-corrected chi connectivity index (χ3v) is 2.51. The van der Waals surface area contributed by atoms with E-state index in [1.54, 1.807) is 6.07 Å². The van der Waals surface area contributed by atoms with E-state index in [-0.39, 0.29) is 5.56 Å². The standard InChI is InChI=1S/C11H12BrN3O4/c1-5(9(16)15-11(14)18)19-10(17)6-2-7(12)4-8(13)3-6/h2-5H,13H2,1H3,(H3,14,15,16,18). The minimum Gasteiger partial charge on any atom is -0.449 e. The number of carbonyl (C=O) groups excluding carboxylic acids is 3. The highest BCUT2D eigenvalue weighted by molar-refractivity contribution is 9.10. The molecule has 0 fully saturated rings. The number of hydrogen-bond acceptors (Lipinski definition) is 5. The summed E-state index contributed by atoms with van der Waals surface area (Å²) in [5.74, 6) is -1.54. The average Bonchev–Trinajstić information content (AvgIpc) is 2.26. The number of amides is 3. The number of nitrogens with one attached hydrogen (secondary N) is 1. The highest BCUT2D eigenvalue weighted by Gasteiger charge is 2.20. The van der Waals surface area contributed by atoms with E-state index in [1.165, 1.54) is 19.1 Å². The molecule has 1 aromatic rings. The number of imide groups is 1. The van der Waals surface area contributed by atoms with Crippen LogP contribution in [0.3, 0.4) is 0 Å². The summed E-state index contributed by atoms with van der Waals surface area (Å²) in [4.78, 5) is 33.6. The molecule has 0 saturated heterocycles. The maximum Gasteiger partial charge on any atom is 0.339 e. The van der Waals surface area contributed by atoms with Crippen molar-refractivity contribution in [2.75, 3.05) is 5.73 Å². The van der Waals surface area contributed by atoms with Crippen molar-refractivity contribution in [2.45, 2.75) is 13.0 Å². The molecule has 0 aliphatic heterocycles. The maximum atomic E-state index is 11.8. The molecule has 8 heteroatoms. The van der Waals surface area contributed by atoms with Crippen molar-refractivity contribution >= 4 is 39.5 Å². The lowest BCUT2D eigenvalue weighted by Gasteiger charge is -2.12. The maximum absolute atomic E-state index is 11.8. The summed E-state index contributed by atoms with van der Waals surface area (Å²) < 4.78 is 5.48. The van der Waals surface area contributed by atoms with E-state index in [0.29, 0.717) is 10.2 Å². The first-order chi connectivity index (χ1) is 8.79. The van der Waals surface area contributed by atoms with E-state index in [4.69, 9.17) is 16.2 Å². The number of halogens is 1. The molecule has 0 aliphatic rings. The fraction of sp³-hybridized carbons (Fsp3) is 0.182. The van der Waals surface area contributed by atoms with E-state index in [1.807, 2.05) is 5.32 Å². The van der Waals surface area contributed by atoms with Crippen LogP contribution >= 0.6 is 15.9 Å². The van der Waals surface area contributed by atoms with Crippen LogP contribution in [0.15, 0.2) is 22.7 Å². The number of benzene rings is 1. The van der Waals surface area contributed by atoms with Crippen LogP contribution in [0.5, 0.6) is 0 Å². The summed E-state index contributed by atoms with van der Waals surface area (Å²) in [5, 5.41) is 1.81. The van der Waals surface area contributed by atoms with Gasteiger partial charge in [-0.25, -0.2) is 9.59 Å². The van der Waals surface area contributed by atoms with Crippen LogP contribution in [0.1, 0.15) is 17.3 Å². The number of carbonyl (C=O) groups is 3. The largest absolute Gasteiger partial charge is 0.449 e. The van der Waals surface area contributed by atoms with Crippen molar-refractivity contribution in [3.8, 4) is 0 Å². The third kappa shape index (κ3) is 4.59. The van der Waals surface area contributed by atoms with Crippen molar-refractivity contribution in [3.05, 3.63) is 28.2 Å². The SMILES string of the molecule is CC(OC(=O)c1cc(N)cc(Br)c1)C(=O)NC(N)=O. The van der Waals surface area contributed by atoms with E-state index in [0.717, 1.165) is 0 Å². The molecule has 0 saturated carbocycles. The van der Waals surface area contributed by atoms with Crippen LogP contribution in [0.25, 0.3) is 0 Å². The Morgan fingerprint density at radius 2 is 1.95 bits per heavy atom. The number of ether oxygens (including phenoxy) is 1. The molecule has 102 valence electrons. The van der Waals surface area contributed by atoms with Gasteiger partial charge in [0.25, 0.3) is 5.91 Å². The molecular weight excluding hydrogens is 318 g/mol. The van der Waals surface area contributed by atoms with Gasteiger partial charge in [-0.1, -0.05) is 15.9 Å². The van der Waals surface area contributed by atoms with E-state index < -0.39 is 24.0 Å². The Morgan fingerprint density at radius 3 is 2.47 bits per heavy atom. The van der Waals surface area contributed by atoms with Crippen LogP contribution in [0, 0.1) is 0 Å². The number of hydrogen-bond donors (Lipinski definition) is 3. The molecule has 0 aromatic heterocycles. The van der Waals surface area contributed by atoms with Crippen LogP contribution < -0.4 is 16.8 Å². The first-order valence-electron chi connectivity index (χ1n) is 5.17. The summed E-state index contributed by atoms with van der Waals surface area (Å²) in [7, 11) is 0. The Kier molecular flexibility index (Phi) is 4.87. The Morgan fingerprint density at radius 1 is 1.32 bits per heavy atom. The molecule has 0 radical (unpaired) electrons. The molecule has 0 heterocycles. The molecule has 0 spiro atoms. The molecule has 1 unspecified atom stereocenters. The average molecular weight is 330 g/mol. The van der Waals surface area contributed by atoms with Gasteiger partial charge < -0.3 is 16.2 Å². The molecule has 1 rings (SSSR count). The van der Waals surface area contributed by atoms with Gasteiger partial charge in [0, 0.05) is 10.2 Å². The summed E-state index contributed by atoms with van der Waals surface area (Å²) in [6.07, 6.45) is -1.15. The predicted octanol–water partition coefficient (Wildman–Crippen LogP) is 0.772. The number of primary amides is 1. The van der Waals surface area contributed by atoms with Gasteiger partial charge in [0.2, 0.25) is 0 Å². The number of nitrogens with two attached hydrogens (primary N) is 2. The molecule has 19 heavy (non-hydrogen) atoms. The molecule has 3 amide bonds. The predicted molar refractivity (Wildman–Crippen MR) is 71.2 cm³/mol. The molecule has 1 aromatic carbocycles. The van der Waals surface area contributed by atoms with Crippen LogP contribution in [-0.4, -0.2) is 24.0 Å². The number of anilines is 1. The second-order valence-electron chi connectivity index (χ2n) is 3.67. The number of nitrogen functional groups attached to an aromatic ring is 1. The van der Waals surface area contributed by atoms with Crippen molar-refractivity contribution in [1.82, 2.24) is 5.32 Å². The zero-order chi connectivity index (χ0) is 14.6. The zero-order valence-electron chi connectivity index (χ0n) is 9.98. The van der Waals surface area contributed by atoms with E-state index in [9.17, 15) is 14.4 Å². The molecular formula is C11H12BrN3O4. The first kappa shape index (κ1) is 15.0. The fourth-order valence-corrected chi connectivity index (χ4v) is 1.75. The van der Waals surface area contributed by atoms with Crippen molar-refractivity contribution in [1.29, 1.82) is 0 Å². The second kappa shape index (κ2) is 6.19.